The number of para-hydroxylation sites is 1. The van der Waals surface area contributed by atoms with Crippen LogP contribution in [0.5, 0.6) is 0 Å². The number of hydrogen-bond acceptors (Lipinski definition) is 2. The Bertz CT molecular complexity index is 752. The van der Waals surface area contributed by atoms with Crippen molar-refractivity contribution in [2.75, 3.05) is 0 Å². The van der Waals surface area contributed by atoms with E-state index in [2.05, 4.69) is 9.97 Å². The van der Waals surface area contributed by atoms with Gasteiger partial charge in [-0.3, -0.25) is 4.57 Å². The van der Waals surface area contributed by atoms with Gasteiger partial charge in [-0.05, 0) is 30.7 Å². The number of nitrogens with zero attached hydrogens (tertiary/aromatic N) is 3. The molecule has 3 rings (SSSR count). The summed E-state index contributed by atoms with van der Waals surface area (Å²) in [4.78, 5) is 8.75. The van der Waals surface area contributed by atoms with Crippen molar-refractivity contribution in [1.29, 1.82) is 0 Å². The zero-order valence-corrected chi connectivity index (χ0v) is 11.0. The Morgan fingerprint density at radius 3 is 2.79 bits per heavy atom. The van der Waals surface area contributed by atoms with Crippen molar-refractivity contribution in [2.45, 2.75) is 12.8 Å². The van der Waals surface area contributed by atoms with E-state index < -0.39 is 0 Å². The normalized spacial score (nSPS) is 11.1. The summed E-state index contributed by atoms with van der Waals surface area (Å²) < 4.78 is 15.6. The number of aryl methyl sites for hydroxylation is 1. The lowest BCUT2D eigenvalue weighted by Crippen LogP contribution is -2.02. The van der Waals surface area contributed by atoms with Crippen molar-refractivity contribution in [3.05, 3.63) is 53.7 Å². The van der Waals surface area contributed by atoms with Gasteiger partial charge in [0.2, 0.25) is 0 Å². The molecule has 0 aliphatic carbocycles. The van der Waals surface area contributed by atoms with Gasteiger partial charge in [0.15, 0.2) is 5.65 Å². The summed E-state index contributed by atoms with van der Waals surface area (Å²) >= 11 is 5.92. The predicted molar refractivity (Wildman–Crippen MR) is 73.1 cm³/mol. The average molecular weight is 276 g/mol. The molecule has 19 heavy (non-hydrogen) atoms. The van der Waals surface area contributed by atoms with Crippen molar-refractivity contribution in [3.63, 3.8) is 0 Å². The van der Waals surface area contributed by atoms with Gasteiger partial charge < -0.3 is 0 Å². The lowest BCUT2D eigenvalue weighted by molar-refractivity contribution is 0.617. The summed E-state index contributed by atoms with van der Waals surface area (Å²) in [5.74, 6) is 0.462. The molecule has 2 heterocycles. The van der Waals surface area contributed by atoms with Crippen molar-refractivity contribution in [3.8, 4) is 5.69 Å². The molecule has 0 unspecified atom stereocenters. The quantitative estimate of drug-likeness (QED) is 0.669. The van der Waals surface area contributed by atoms with Crippen molar-refractivity contribution >= 4 is 22.8 Å². The number of hydrogen-bond donors (Lipinski definition) is 0. The number of imidazole rings is 1. The Hall–Kier alpha value is -1.94. The molecule has 5 heteroatoms. The first-order valence-electron chi connectivity index (χ1n) is 5.86. The Balaban J connectivity index is 2.40. The van der Waals surface area contributed by atoms with E-state index in [-0.39, 0.29) is 11.7 Å². The lowest BCUT2D eigenvalue weighted by atomic mass is 10.2. The lowest BCUT2D eigenvalue weighted by Gasteiger charge is -2.07. The maximum absolute atomic E-state index is 14.0. The largest absolute Gasteiger partial charge is 0.277 e. The Morgan fingerprint density at radius 1 is 1.26 bits per heavy atom. The van der Waals surface area contributed by atoms with Crippen LogP contribution in [0.1, 0.15) is 11.4 Å². The maximum atomic E-state index is 14.0. The third kappa shape index (κ3) is 1.88. The molecule has 3 aromatic rings. The van der Waals surface area contributed by atoms with Crippen LogP contribution in [0.4, 0.5) is 4.39 Å². The van der Waals surface area contributed by atoms with Gasteiger partial charge in [0.1, 0.15) is 17.2 Å². The molecule has 0 aliphatic rings. The van der Waals surface area contributed by atoms with Crippen LogP contribution in [-0.4, -0.2) is 14.5 Å². The second kappa shape index (κ2) is 4.63. The molecule has 0 fully saturated rings. The third-order valence-corrected chi connectivity index (χ3v) is 3.27. The van der Waals surface area contributed by atoms with E-state index in [1.807, 2.05) is 13.0 Å². The molecule has 0 saturated carbocycles. The smallest absolute Gasteiger partial charge is 0.165 e. The van der Waals surface area contributed by atoms with Crippen LogP contribution in [0.25, 0.3) is 16.9 Å². The fourth-order valence-corrected chi connectivity index (χ4v) is 2.29. The summed E-state index contributed by atoms with van der Waals surface area (Å²) in [6.07, 6.45) is 1.69. The van der Waals surface area contributed by atoms with E-state index >= 15 is 0 Å². The van der Waals surface area contributed by atoms with E-state index in [4.69, 9.17) is 11.6 Å². The fraction of sp³-hybridized carbons (Fsp3) is 0.143. The molecule has 3 nitrogen and oxygen atoms in total. The first-order valence-corrected chi connectivity index (χ1v) is 6.39. The van der Waals surface area contributed by atoms with Crippen LogP contribution in [-0.2, 0) is 5.88 Å². The van der Waals surface area contributed by atoms with Gasteiger partial charge in [-0.15, -0.1) is 11.6 Å². The van der Waals surface area contributed by atoms with Gasteiger partial charge in [-0.25, -0.2) is 14.4 Å². The van der Waals surface area contributed by atoms with Gasteiger partial charge in [0.25, 0.3) is 0 Å². The maximum Gasteiger partial charge on any atom is 0.165 e. The average Bonchev–Trinajstić information content (AvgIpc) is 2.79. The molecule has 0 radical (unpaired) electrons. The summed E-state index contributed by atoms with van der Waals surface area (Å²) in [6.45, 7) is 1.95. The minimum absolute atomic E-state index is 0.199. The molecular formula is C14H11ClFN3. The SMILES string of the molecule is Cc1ccnc2c1nc(CCl)n2-c1ccccc1F. The number of pyridine rings is 1. The molecule has 0 spiro atoms. The Labute approximate surface area is 114 Å². The number of fused-ring (bicyclic) bond motifs is 1. The standard InChI is InChI=1S/C14H11ClFN3/c1-9-6-7-17-14-13(9)18-12(8-15)19(14)11-5-3-2-4-10(11)16/h2-7H,8H2,1H3. The highest BCUT2D eigenvalue weighted by Gasteiger charge is 2.16. The molecule has 0 bridgehead atoms. The van der Waals surface area contributed by atoms with E-state index in [1.165, 1.54) is 6.07 Å². The summed E-state index contributed by atoms with van der Waals surface area (Å²) in [6, 6.07) is 8.40. The van der Waals surface area contributed by atoms with Crippen molar-refractivity contribution < 1.29 is 4.39 Å². The number of alkyl halides is 1. The van der Waals surface area contributed by atoms with Crippen molar-refractivity contribution in [1.82, 2.24) is 14.5 Å². The number of aromatic nitrogens is 3. The zero-order valence-electron chi connectivity index (χ0n) is 10.3. The van der Waals surface area contributed by atoms with Crippen LogP contribution >= 0.6 is 11.6 Å². The molecule has 0 atom stereocenters. The summed E-state index contributed by atoms with van der Waals surface area (Å²) in [5, 5.41) is 0. The second-order valence-electron chi connectivity index (χ2n) is 4.25. The Kier molecular flexibility index (Phi) is 2.95. The van der Waals surface area contributed by atoms with Crippen LogP contribution in [0.15, 0.2) is 36.5 Å². The molecule has 1 aromatic carbocycles. The summed E-state index contributed by atoms with van der Waals surface area (Å²) in [5.41, 5.74) is 2.78. The minimum Gasteiger partial charge on any atom is -0.277 e. The van der Waals surface area contributed by atoms with Crippen LogP contribution in [0.2, 0.25) is 0 Å². The van der Waals surface area contributed by atoms with E-state index in [0.29, 0.717) is 17.2 Å². The third-order valence-electron chi connectivity index (χ3n) is 3.03. The van der Waals surface area contributed by atoms with Crippen molar-refractivity contribution in [2.24, 2.45) is 0 Å². The monoisotopic (exact) mass is 275 g/mol. The molecule has 0 saturated heterocycles. The van der Waals surface area contributed by atoms with E-state index in [1.54, 1.807) is 29.0 Å². The zero-order chi connectivity index (χ0) is 13.4. The van der Waals surface area contributed by atoms with Crippen LogP contribution in [0.3, 0.4) is 0 Å². The van der Waals surface area contributed by atoms with Gasteiger partial charge >= 0.3 is 0 Å². The Morgan fingerprint density at radius 2 is 2.05 bits per heavy atom. The molecule has 0 N–H and O–H groups in total. The van der Waals surface area contributed by atoms with Crippen LogP contribution < -0.4 is 0 Å². The molecule has 0 amide bonds. The van der Waals surface area contributed by atoms with Gasteiger partial charge in [-0.1, -0.05) is 12.1 Å². The number of rotatable bonds is 2. The number of halogens is 2. The second-order valence-corrected chi connectivity index (χ2v) is 4.52. The predicted octanol–water partition coefficient (Wildman–Crippen LogP) is 3.61. The highest BCUT2D eigenvalue weighted by atomic mass is 35.5. The molecule has 2 aromatic heterocycles. The van der Waals surface area contributed by atoms with Crippen LogP contribution in [0, 0.1) is 12.7 Å². The minimum atomic E-state index is -0.323. The summed E-state index contributed by atoms with van der Waals surface area (Å²) in [7, 11) is 0. The highest BCUT2D eigenvalue weighted by Crippen LogP contribution is 2.24. The van der Waals surface area contributed by atoms with E-state index in [9.17, 15) is 4.39 Å². The first kappa shape index (κ1) is 12.1. The fourth-order valence-electron chi connectivity index (χ4n) is 2.12. The van der Waals surface area contributed by atoms with E-state index in [0.717, 1.165) is 11.1 Å². The van der Waals surface area contributed by atoms with Gasteiger partial charge in [0, 0.05) is 6.20 Å². The molecule has 96 valence electrons. The van der Waals surface area contributed by atoms with Gasteiger partial charge in [-0.2, -0.15) is 0 Å². The van der Waals surface area contributed by atoms with Gasteiger partial charge in [0.05, 0.1) is 11.6 Å². The number of benzene rings is 1. The molecular weight excluding hydrogens is 265 g/mol. The first-order chi connectivity index (χ1) is 9.22. The highest BCUT2D eigenvalue weighted by molar-refractivity contribution is 6.17. The molecule has 0 aliphatic heterocycles. The topological polar surface area (TPSA) is 30.7 Å².